The first-order valence-electron chi connectivity index (χ1n) is 19.6. The van der Waals surface area contributed by atoms with Crippen molar-refractivity contribution < 1.29 is 28.5 Å². The van der Waals surface area contributed by atoms with Crippen LogP contribution in [0.15, 0.2) is 35.9 Å². The lowest BCUT2D eigenvalue weighted by atomic mass is 9.64. The molecule has 1 fully saturated rings. The highest BCUT2D eigenvalue weighted by atomic mass is 16.6. The van der Waals surface area contributed by atoms with E-state index in [1.165, 1.54) is 5.57 Å². The van der Waals surface area contributed by atoms with E-state index in [4.69, 9.17) is 18.9 Å². The third-order valence-corrected chi connectivity index (χ3v) is 12.1. The molecule has 6 nitrogen and oxygen atoms in total. The Morgan fingerprint density at radius 3 is 1.86 bits per heavy atom. The van der Waals surface area contributed by atoms with Crippen LogP contribution in [-0.4, -0.2) is 23.1 Å². The van der Waals surface area contributed by atoms with Crippen LogP contribution in [0.5, 0.6) is 23.0 Å². The zero-order chi connectivity index (χ0) is 35.8. The van der Waals surface area contributed by atoms with Crippen LogP contribution < -0.4 is 18.9 Å². The fourth-order valence-electron chi connectivity index (χ4n) is 9.46. The molecule has 2 aromatic rings. The van der Waals surface area contributed by atoms with Crippen LogP contribution in [0.2, 0.25) is 0 Å². The quantitative estimate of drug-likeness (QED) is 0.0815. The maximum absolute atomic E-state index is 13.8. The summed E-state index contributed by atoms with van der Waals surface area (Å²) in [5.41, 5.74) is 4.51. The normalized spacial score (nSPS) is 25.8. The fourth-order valence-corrected chi connectivity index (χ4v) is 9.46. The lowest BCUT2D eigenvalue weighted by Gasteiger charge is -2.49. The Labute approximate surface area is 300 Å². The predicted molar refractivity (Wildman–Crippen MR) is 198 cm³/mol. The number of fused-ring (bicyclic) bond motifs is 6. The van der Waals surface area contributed by atoms with E-state index in [0.29, 0.717) is 23.3 Å². The molecule has 0 aromatic heterocycles. The van der Waals surface area contributed by atoms with Gasteiger partial charge in [0.15, 0.2) is 0 Å². The molecule has 6 heteroatoms. The van der Waals surface area contributed by atoms with Gasteiger partial charge < -0.3 is 18.9 Å². The van der Waals surface area contributed by atoms with Crippen molar-refractivity contribution in [2.24, 2.45) is 17.8 Å². The first-order chi connectivity index (χ1) is 23.8. The maximum Gasteiger partial charge on any atom is 0.423 e. The summed E-state index contributed by atoms with van der Waals surface area (Å²) in [6.07, 6.45) is 15.7. The zero-order valence-corrected chi connectivity index (χ0v) is 31.9. The lowest BCUT2D eigenvalue weighted by Crippen LogP contribution is -2.47. The van der Waals surface area contributed by atoms with Crippen molar-refractivity contribution in [2.75, 3.05) is 0 Å². The molecule has 2 aliphatic carbocycles. The minimum atomic E-state index is -1.01. The summed E-state index contributed by atoms with van der Waals surface area (Å²) in [6, 6.07) is 8.20. The van der Waals surface area contributed by atoms with Crippen molar-refractivity contribution in [3.63, 3.8) is 0 Å². The molecule has 2 aliphatic heterocycles. The van der Waals surface area contributed by atoms with E-state index in [-0.39, 0.29) is 29.0 Å². The minimum absolute atomic E-state index is 0.0311. The van der Waals surface area contributed by atoms with Gasteiger partial charge in [-0.05, 0) is 133 Å². The van der Waals surface area contributed by atoms with Gasteiger partial charge in [-0.2, -0.15) is 0 Å². The summed E-state index contributed by atoms with van der Waals surface area (Å²) in [5.74, 6) is 1.68. The van der Waals surface area contributed by atoms with E-state index in [9.17, 15) is 9.59 Å². The Kier molecular flexibility index (Phi) is 10.8. The molecule has 5 atom stereocenters. The van der Waals surface area contributed by atoms with E-state index >= 15 is 0 Å². The number of ether oxygens (including phenoxy) is 4. The van der Waals surface area contributed by atoms with E-state index in [2.05, 4.69) is 73.6 Å². The summed E-state index contributed by atoms with van der Waals surface area (Å²) in [7, 11) is 0. The van der Waals surface area contributed by atoms with Crippen LogP contribution in [0.25, 0.3) is 0 Å². The van der Waals surface area contributed by atoms with Crippen LogP contribution >= 0.6 is 0 Å². The van der Waals surface area contributed by atoms with Crippen molar-refractivity contribution >= 4 is 11.9 Å². The van der Waals surface area contributed by atoms with Crippen molar-refractivity contribution in [1.82, 2.24) is 0 Å². The molecular weight excluding hydrogens is 624 g/mol. The molecule has 4 aliphatic rings. The average Bonchev–Trinajstić information content (AvgIpc) is 3.03. The van der Waals surface area contributed by atoms with Crippen molar-refractivity contribution in [3.05, 3.63) is 58.2 Å². The number of hydrogen-bond acceptors (Lipinski definition) is 6. The van der Waals surface area contributed by atoms with Gasteiger partial charge in [0.25, 0.3) is 0 Å². The Bertz CT molecular complexity index is 1610. The van der Waals surface area contributed by atoms with Crippen LogP contribution in [0.3, 0.4) is 0 Å². The summed E-state index contributed by atoms with van der Waals surface area (Å²) in [4.78, 5) is 27.7. The average molecular weight is 685 g/mol. The molecule has 0 unspecified atom stereocenters. The maximum atomic E-state index is 13.8. The molecule has 2 aromatic carbocycles. The number of hydrogen-bond donors (Lipinski definition) is 0. The van der Waals surface area contributed by atoms with E-state index < -0.39 is 11.9 Å². The van der Waals surface area contributed by atoms with Gasteiger partial charge in [-0.25, -0.2) is 9.59 Å². The van der Waals surface area contributed by atoms with E-state index in [0.717, 1.165) is 117 Å². The second-order valence-corrected chi connectivity index (χ2v) is 16.9. The smallest absolute Gasteiger partial charge is 0.423 e. The van der Waals surface area contributed by atoms with Crippen LogP contribution in [0, 0.1) is 17.8 Å². The van der Waals surface area contributed by atoms with Gasteiger partial charge in [-0.3, -0.25) is 0 Å². The first-order valence-corrected chi connectivity index (χ1v) is 19.6. The molecule has 50 heavy (non-hydrogen) atoms. The first kappa shape index (κ1) is 36.5. The number of carbonyl (C=O) groups is 2. The van der Waals surface area contributed by atoms with Crippen LogP contribution in [0.4, 0.5) is 0 Å². The number of rotatable bonds is 10. The Hall–Kier alpha value is -3.28. The van der Waals surface area contributed by atoms with Gasteiger partial charge in [-0.1, -0.05) is 64.5 Å². The predicted octanol–water partition coefficient (Wildman–Crippen LogP) is 11.0. The second-order valence-electron chi connectivity index (χ2n) is 16.9. The minimum Gasteiger partial charge on any atom is -0.487 e. The fraction of sp³-hybridized carbons (Fsp3) is 0.636. The monoisotopic (exact) mass is 684 g/mol. The van der Waals surface area contributed by atoms with E-state index in [1.54, 1.807) is 0 Å². The summed E-state index contributed by atoms with van der Waals surface area (Å²) in [5, 5.41) is 0. The number of carbonyl (C=O) groups excluding carboxylic acids is 2. The van der Waals surface area contributed by atoms with Gasteiger partial charge in [-0.15, -0.1) is 0 Å². The van der Waals surface area contributed by atoms with Crippen LogP contribution in [0.1, 0.15) is 160 Å². The second kappa shape index (κ2) is 14.8. The lowest BCUT2D eigenvalue weighted by molar-refractivity contribution is -0.156. The molecule has 0 spiro atoms. The van der Waals surface area contributed by atoms with Gasteiger partial charge >= 0.3 is 11.9 Å². The van der Waals surface area contributed by atoms with Crippen molar-refractivity contribution in [1.29, 1.82) is 0 Å². The van der Waals surface area contributed by atoms with Crippen LogP contribution in [-0.2, 0) is 22.4 Å². The molecule has 6 rings (SSSR count). The van der Waals surface area contributed by atoms with Crippen molar-refractivity contribution in [2.45, 2.75) is 162 Å². The number of unbranched alkanes of at least 4 members (excludes halogenated alkanes) is 4. The summed E-state index contributed by atoms with van der Waals surface area (Å²) >= 11 is 0. The van der Waals surface area contributed by atoms with E-state index in [1.807, 2.05) is 12.1 Å². The molecule has 272 valence electrons. The standard InChI is InChI=1S/C44H60O6/c1-9-11-13-15-29-23-35(39-31-21-27(3)17-19-33(31)43(5,6)49-37(39)25-29)47-41(45)42(46)48-36-24-30(16-14-12-10-2)26-38-40(36)32-22-28(4)18-20-34(32)44(7,8)50-38/h21,23-26,28,31-34H,9-20,22H2,1-8H3/t28-,31-,32-,33-,34-/m1/s1. The molecule has 0 amide bonds. The summed E-state index contributed by atoms with van der Waals surface area (Å²) < 4.78 is 25.6. The molecule has 0 radical (unpaired) electrons. The Morgan fingerprint density at radius 1 is 0.740 bits per heavy atom. The topological polar surface area (TPSA) is 71.1 Å². The third kappa shape index (κ3) is 7.51. The Morgan fingerprint density at radius 2 is 1.28 bits per heavy atom. The zero-order valence-electron chi connectivity index (χ0n) is 31.9. The molecule has 1 saturated carbocycles. The van der Waals surface area contributed by atoms with Gasteiger partial charge in [0.2, 0.25) is 0 Å². The number of aryl methyl sites for hydroxylation is 2. The molecule has 0 N–H and O–H groups in total. The highest BCUT2D eigenvalue weighted by Crippen LogP contribution is 2.56. The molecule has 0 saturated heterocycles. The molecular formula is C44H60O6. The SMILES string of the molecule is CCCCCc1cc(OC(=O)C(=O)Oc2cc(CCCCC)cc3c2[C@@H]2C[C@H](C)CC[C@H]2C(C)(C)O3)c2c(c1)OC(C)(C)[C@@H]1CCC(C)=C[C@@H]21. The van der Waals surface area contributed by atoms with Gasteiger partial charge in [0.05, 0.1) is 0 Å². The van der Waals surface area contributed by atoms with Crippen molar-refractivity contribution in [3.8, 4) is 23.0 Å². The number of benzene rings is 2. The van der Waals surface area contributed by atoms with Gasteiger partial charge in [0, 0.05) is 28.9 Å². The summed E-state index contributed by atoms with van der Waals surface area (Å²) in [6.45, 7) is 17.5. The third-order valence-electron chi connectivity index (χ3n) is 12.1. The highest BCUT2D eigenvalue weighted by Gasteiger charge is 2.48. The number of allylic oxidation sites excluding steroid dienone is 2. The molecule has 0 bridgehead atoms. The largest absolute Gasteiger partial charge is 0.487 e. The Balaban J connectivity index is 1.34. The van der Waals surface area contributed by atoms with Gasteiger partial charge in [0.1, 0.15) is 34.2 Å². The highest BCUT2D eigenvalue weighted by molar-refractivity contribution is 6.31. The molecule has 2 heterocycles. The number of esters is 2.